The number of carbonyl (C=O) groups is 2. The summed E-state index contributed by atoms with van der Waals surface area (Å²) < 4.78 is 1.68. The maximum Gasteiger partial charge on any atom is 0.221 e. The largest absolute Gasteiger partial charge is 0.369 e. The van der Waals surface area contributed by atoms with Gasteiger partial charge in [-0.3, -0.25) is 9.59 Å². The minimum absolute atomic E-state index is 0.148. The Morgan fingerprint density at radius 3 is 2.87 bits per heavy atom. The molecule has 0 bridgehead atoms. The number of rotatable bonds is 8. The molecule has 2 heterocycles. The molecular weight excluding hydrogens is 404 g/mol. The highest BCUT2D eigenvalue weighted by atomic mass is 35.5. The summed E-state index contributed by atoms with van der Waals surface area (Å²) in [7, 11) is 0. The Hall–Kier alpha value is -3.39. The zero-order chi connectivity index (χ0) is 21.3. The molecule has 0 radical (unpaired) electrons. The molecule has 0 aliphatic heterocycles. The third-order valence-electron chi connectivity index (χ3n) is 4.68. The second kappa shape index (κ2) is 8.16. The SMILES string of the molecule is Cc1ccc(Cl)c(Nc2cc(NC3CC3)n3ncc(/C=C(/C=O)CC(N)=O)c3n2)c1. The van der Waals surface area contributed by atoms with Crippen LogP contribution in [0, 0.1) is 6.92 Å². The number of aldehydes is 1. The van der Waals surface area contributed by atoms with Gasteiger partial charge in [0, 0.05) is 23.2 Å². The zero-order valence-electron chi connectivity index (χ0n) is 16.4. The number of nitrogens with one attached hydrogen (secondary N) is 2. The summed E-state index contributed by atoms with van der Waals surface area (Å²) in [6, 6.07) is 7.97. The molecule has 30 heavy (non-hydrogen) atoms. The van der Waals surface area contributed by atoms with E-state index in [4.69, 9.17) is 17.3 Å². The lowest BCUT2D eigenvalue weighted by Crippen LogP contribution is -2.11. The van der Waals surface area contributed by atoms with Crippen LogP contribution in [-0.4, -0.2) is 32.8 Å². The lowest BCUT2D eigenvalue weighted by atomic mass is 10.1. The maximum absolute atomic E-state index is 11.3. The predicted octanol–water partition coefficient (Wildman–Crippen LogP) is 3.47. The molecule has 1 aliphatic carbocycles. The molecule has 2 aromatic heterocycles. The number of hydrogen-bond donors (Lipinski definition) is 3. The van der Waals surface area contributed by atoms with Gasteiger partial charge >= 0.3 is 0 Å². The first kappa shape index (κ1) is 19.9. The van der Waals surface area contributed by atoms with Crippen LogP contribution in [0.2, 0.25) is 5.02 Å². The molecule has 0 atom stereocenters. The van der Waals surface area contributed by atoms with E-state index >= 15 is 0 Å². The van der Waals surface area contributed by atoms with Crippen LogP contribution in [0.5, 0.6) is 0 Å². The van der Waals surface area contributed by atoms with E-state index in [9.17, 15) is 9.59 Å². The van der Waals surface area contributed by atoms with E-state index in [0.717, 1.165) is 29.9 Å². The van der Waals surface area contributed by atoms with E-state index in [1.54, 1.807) is 16.8 Å². The smallest absolute Gasteiger partial charge is 0.221 e. The quantitative estimate of drug-likeness (QED) is 0.377. The monoisotopic (exact) mass is 424 g/mol. The Morgan fingerprint density at radius 2 is 2.17 bits per heavy atom. The first-order valence-corrected chi connectivity index (χ1v) is 9.93. The van der Waals surface area contributed by atoms with Crippen molar-refractivity contribution in [2.75, 3.05) is 10.6 Å². The third kappa shape index (κ3) is 4.44. The molecule has 154 valence electrons. The van der Waals surface area contributed by atoms with Gasteiger partial charge in [-0.2, -0.15) is 9.61 Å². The summed E-state index contributed by atoms with van der Waals surface area (Å²) in [5, 5.41) is 11.7. The van der Waals surface area contributed by atoms with Gasteiger partial charge in [-0.15, -0.1) is 0 Å². The Balaban J connectivity index is 1.78. The average molecular weight is 425 g/mol. The number of halogens is 1. The predicted molar refractivity (Wildman–Crippen MR) is 117 cm³/mol. The normalized spacial score (nSPS) is 14.0. The van der Waals surface area contributed by atoms with Gasteiger partial charge in [0.05, 0.1) is 23.3 Å². The van der Waals surface area contributed by atoms with Gasteiger partial charge in [-0.25, -0.2) is 4.98 Å². The van der Waals surface area contributed by atoms with Crippen LogP contribution in [0.15, 0.2) is 36.0 Å². The minimum atomic E-state index is -0.578. The average Bonchev–Trinajstić information content (AvgIpc) is 3.43. The standard InChI is InChI=1S/C21H21ClN6O2/c1-12-2-5-16(22)17(6-12)26-19-9-20(25-15-3-4-15)28-21(27-19)14(10-24-28)7-13(11-29)8-18(23)30/h2,5-7,9-11,15,25H,3-4,8H2,1H3,(H2,23,30)(H,26,27)/b13-7+. The van der Waals surface area contributed by atoms with E-state index in [2.05, 4.69) is 20.7 Å². The maximum atomic E-state index is 11.3. The fourth-order valence-corrected chi connectivity index (χ4v) is 3.25. The number of carbonyl (C=O) groups excluding carboxylic acids is 2. The van der Waals surface area contributed by atoms with Crippen LogP contribution >= 0.6 is 11.6 Å². The molecule has 0 saturated heterocycles. The highest BCUT2D eigenvalue weighted by Gasteiger charge is 2.23. The summed E-state index contributed by atoms with van der Waals surface area (Å²) in [5.41, 5.74) is 8.44. The van der Waals surface area contributed by atoms with Gasteiger partial charge in [0.1, 0.15) is 17.9 Å². The Bertz CT molecular complexity index is 1170. The number of hydrogen-bond acceptors (Lipinski definition) is 6. The number of anilines is 3. The molecule has 8 nitrogen and oxygen atoms in total. The molecule has 1 fully saturated rings. The molecule has 1 aromatic carbocycles. The van der Waals surface area contributed by atoms with Gasteiger partial charge in [0.2, 0.25) is 5.91 Å². The van der Waals surface area contributed by atoms with Crippen LogP contribution in [-0.2, 0) is 9.59 Å². The van der Waals surface area contributed by atoms with Crippen molar-refractivity contribution in [3.8, 4) is 0 Å². The lowest BCUT2D eigenvalue weighted by Gasteiger charge is -2.13. The van der Waals surface area contributed by atoms with Crippen molar-refractivity contribution < 1.29 is 9.59 Å². The van der Waals surface area contributed by atoms with Crippen molar-refractivity contribution in [1.29, 1.82) is 0 Å². The van der Waals surface area contributed by atoms with Crippen molar-refractivity contribution in [3.63, 3.8) is 0 Å². The topological polar surface area (TPSA) is 114 Å². The van der Waals surface area contributed by atoms with Crippen molar-refractivity contribution in [2.24, 2.45) is 5.73 Å². The molecule has 4 rings (SSSR count). The van der Waals surface area contributed by atoms with Gasteiger partial charge in [-0.05, 0) is 43.5 Å². The highest BCUT2D eigenvalue weighted by Crippen LogP contribution is 2.30. The fourth-order valence-electron chi connectivity index (χ4n) is 3.09. The van der Waals surface area contributed by atoms with Crippen molar-refractivity contribution >= 4 is 52.8 Å². The van der Waals surface area contributed by atoms with E-state index in [1.807, 2.05) is 31.2 Å². The van der Waals surface area contributed by atoms with Crippen molar-refractivity contribution in [1.82, 2.24) is 14.6 Å². The summed E-state index contributed by atoms with van der Waals surface area (Å²) in [6.45, 7) is 1.98. The third-order valence-corrected chi connectivity index (χ3v) is 5.01. The van der Waals surface area contributed by atoms with E-state index in [0.29, 0.717) is 34.4 Å². The van der Waals surface area contributed by atoms with Crippen LogP contribution < -0.4 is 16.4 Å². The van der Waals surface area contributed by atoms with Crippen LogP contribution in [0.25, 0.3) is 11.7 Å². The number of aryl methyl sites for hydroxylation is 1. The molecule has 3 aromatic rings. The second-order valence-electron chi connectivity index (χ2n) is 7.37. The van der Waals surface area contributed by atoms with Crippen LogP contribution in [0.1, 0.15) is 30.4 Å². The van der Waals surface area contributed by atoms with Crippen molar-refractivity contribution in [3.05, 3.63) is 52.2 Å². The number of fused-ring (bicyclic) bond motifs is 1. The lowest BCUT2D eigenvalue weighted by molar-refractivity contribution is -0.118. The summed E-state index contributed by atoms with van der Waals surface area (Å²) in [4.78, 5) is 27.2. The van der Waals surface area contributed by atoms with E-state index in [1.165, 1.54) is 0 Å². The molecule has 1 saturated carbocycles. The number of benzene rings is 1. The molecular formula is C21H21ClN6O2. The summed E-state index contributed by atoms with van der Waals surface area (Å²) in [6.07, 6.45) is 5.85. The van der Waals surface area contributed by atoms with Crippen LogP contribution in [0.3, 0.4) is 0 Å². The number of aromatic nitrogens is 3. The molecule has 4 N–H and O–H groups in total. The van der Waals surface area contributed by atoms with E-state index < -0.39 is 5.91 Å². The number of amides is 1. The number of nitrogens with zero attached hydrogens (tertiary/aromatic N) is 3. The molecule has 1 aliphatic rings. The number of nitrogens with two attached hydrogens (primary N) is 1. The highest BCUT2D eigenvalue weighted by molar-refractivity contribution is 6.33. The second-order valence-corrected chi connectivity index (χ2v) is 7.78. The molecule has 0 unspecified atom stereocenters. The molecule has 1 amide bonds. The fraction of sp³-hybridized carbons (Fsp3) is 0.238. The van der Waals surface area contributed by atoms with Crippen molar-refractivity contribution in [2.45, 2.75) is 32.2 Å². The minimum Gasteiger partial charge on any atom is -0.369 e. The zero-order valence-corrected chi connectivity index (χ0v) is 17.1. The van der Waals surface area contributed by atoms with Gasteiger partial charge in [0.15, 0.2) is 5.65 Å². The molecule has 0 spiro atoms. The van der Waals surface area contributed by atoms with Gasteiger partial charge in [-0.1, -0.05) is 17.7 Å². The van der Waals surface area contributed by atoms with E-state index in [-0.39, 0.29) is 12.0 Å². The Morgan fingerprint density at radius 1 is 1.37 bits per heavy atom. The summed E-state index contributed by atoms with van der Waals surface area (Å²) >= 11 is 6.33. The Labute approximate surface area is 178 Å². The summed E-state index contributed by atoms with van der Waals surface area (Å²) in [5.74, 6) is 0.775. The first-order chi connectivity index (χ1) is 14.4. The van der Waals surface area contributed by atoms with Gasteiger partial charge < -0.3 is 16.4 Å². The molecule has 9 heteroatoms. The first-order valence-electron chi connectivity index (χ1n) is 9.55. The number of primary amides is 1. The Kier molecular flexibility index (Phi) is 5.41. The van der Waals surface area contributed by atoms with Gasteiger partial charge in [0.25, 0.3) is 0 Å². The van der Waals surface area contributed by atoms with Crippen LogP contribution in [0.4, 0.5) is 17.3 Å².